The highest BCUT2D eigenvalue weighted by Crippen LogP contribution is 2.63. The summed E-state index contributed by atoms with van der Waals surface area (Å²) in [5.74, 6) is 2.50. The number of benzene rings is 1. The third-order valence-electron chi connectivity index (χ3n) is 7.77. The van der Waals surface area contributed by atoms with Crippen LogP contribution in [0.4, 0.5) is 0 Å². The molecule has 1 spiro atoms. The first-order chi connectivity index (χ1) is 12.1. The Balaban J connectivity index is 1.54. The van der Waals surface area contributed by atoms with Gasteiger partial charge in [-0.1, -0.05) is 13.0 Å². The van der Waals surface area contributed by atoms with Crippen LogP contribution in [-0.4, -0.2) is 41.0 Å². The van der Waals surface area contributed by atoms with Crippen molar-refractivity contribution in [2.45, 2.75) is 56.6 Å². The van der Waals surface area contributed by atoms with Gasteiger partial charge in [0.05, 0.1) is 0 Å². The molecule has 1 aromatic rings. The molecule has 0 amide bonds. The Morgan fingerprint density at radius 3 is 3.00 bits per heavy atom. The Hall–Kier alpha value is -1.55. The smallest absolute Gasteiger partial charge is 0.177 e. The van der Waals surface area contributed by atoms with Gasteiger partial charge in [-0.15, -0.1) is 0 Å². The highest BCUT2D eigenvalue weighted by Gasteiger charge is 2.67. The van der Waals surface area contributed by atoms with E-state index >= 15 is 0 Å². The molecule has 5 aliphatic rings. The van der Waals surface area contributed by atoms with Gasteiger partial charge in [0.15, 0.2) is 23.4 Å². The number of phenols is 1. The van der Waals surface area contributed by atoms with Gasteiger partial charge >= 0.3 is 0 Å². The summed E-state index contributed by atoms with van der Waals surface area (Å²) < 4.78 is 6.20. The monoisotopic (exact) mass is 339 g/mol. The van der Waals surface area contributed by atoms with Crippen LogP contribution in [0.2, 0.25) is 0 Å². The number of rotatable bonds is 2. The quantitative estimate of drug-likeness (QED) is 0.900. The number of likely N-dealkylation sites (tertiary alicyclic amines) is 1. The number of carbonyl (C=O) groups excluding carboxylic acids is 1. The van der Waals surface area contributed by atoms with Crippen molar-refractivity contribution < 1.29 is 14.6 Å². The number of ketones is 1. The number of hydrogen-bond donors (Lipinski definition) is 1. The molecule has 132 valence electrons. The summed E-state index contributed by atoms with van der Waals surface area (Å²) in [7, 11) is 0. The standard InChI is InChI=1S/C21H25NO3/c1-11-8-14-15-9-13-4-5-16(23)19-17(13)21(14,20(25-19)18(11)24)6-7-22(15)10-12-2-3-12/h4-5,11-12,14-15,20,23H,2-3,6-10H2,1H3/t11-,14?,15?,20?,21?/m0/s1. The van der Waals surface area contributed by atoms with Gasteiger partial charge in [0, 0.05) is 29.5 Å². The number of nitrogens with zero attached hydrogens (tertiary/aromatic N) is 1. The number of phenolic OH excluding ortho intramolecular Hbond substituents is 1. The van der Waals surface area contributed by atoms with Gasteiger partial charge in [0.25, 0.3) is 0 Å². The maximum absolute atomic E-state index is 13.0. The average Bonchev–Trinajstić information content (AvgIpc) is 3.34. The molecule has 0 aromatic heterocycles. The molecule has 2 saturated carbocycles. The summed E-state index contributed by atoms with van der Waals surface area (Å²) in [5, 5.41) is 10.4. The van der Waals surface area contributed by atoms with E-state index in [0.717, 1.165) is 31.7 Å². The Bertz CT molecular complexity index is 786. The molecule has 0 radical (unpaired) electrons. The third kappa shape index (κ3) is 1.69. The summed E-state index contributed by atoms with van der Waals surface area (Å²) >= 11 is 0. The van der Waals surface area contributed by atoms with Crippen molar-refractivity contribution in [3.8, 4) is 11.5 Å². The van der Waals surface area contributed by atoms with Crippen LogP contribution in [-0.2, 0) is 16.6 Å². The topological polar surface area (TPSA) is 49.8 Å². The van der Waals surface area contributed by atoms with Crippen molar-refractivity contribution in [2.75, 3.05) is 13.1 Å². The molecule has 2 aliphatic heterocycles. The second kappa shape index (κ2) is 4.59. The number of Topliss-reactive ketones (excluding diaryl/α,β-unsaturated/α-hetero) is 1. The number of ether oxygens (including phenoxy) is 1. The third-order valence-corrected chi connectivity index (χ3v) is 7.77. The van der Waals surface area contributed by atoms with Crippen LogP contribution in [0.15, 0.2) is 12.1 Å². The van der Waals surface area contributed by atoms with E-state index in [9.17, 15) is 9.90 Å². The van der Waals surface area contributed by atoms with Crippen LogP contribution in [0, 0.1) is 17.8 Å². The van der Waals surface area contributed by atoms with E-state index in [1.165, 1.54) is 30.5 Å². The fourth-order valence-corrected chi connectivity index (χ4v) is 6.47. The van der Waals surface area contributed by atoms with Gasteiger partial charge in [-0.05, 0) is 62.1 Å². The summed E-state index contributed by atoms with van der Waals surface area (Å²) in [6.07, 6.45) is 5.39. The molecule has 2 bridgehead atoms. The van der Waals surface area contributed by atoms with E-state index in [-0.39, 0.29) is 29.0 Å². The normalized spacial score (nSPS) is 41.4. The minimum atomic E-state index is -0.380. The zero-order valence-electron chi connectivity index (χ0n) is 14.7. The van der Waals surface area contributed by atoms with E-state index in [1.54, 1.807) is 6.07 Å². The SMILES string of the molecule is C[C@H]1CC2C3Cc4ccc(O)c5c4C2(CCN3CC2CC2)C(O5)C1=O. The van der Waals surface area contributed by atoms with Gasteiger partial charge in [-0.25, -0.2) is 0 Å². The van der Waals surface area contributed by atoms with Crippen molar-refractivity contribution in [1.29, 1.82) is 0 Å². The largest absolute Gasteiger partial charge is 0.504 e. The van der Waals surface area contributed by atoms with Crippen molar-refractivity contribution in [3.63, 3.8) is 0 Å². The van der Waals surface area contributed by atoms with E-state index in [1.807, 2.05) is 0 Å². The van der Waals surface area contributed by atoms with Crippen LogP contribution in [0.5, 0.6) is 11.5 Å². The molecule has 4 heteroatoms. The van der Waals surface area contributed by atoms with Crippen LogP contribution >= 0.6 is 0 Å². The summed E-state index contributed by atoms with van der Waals surface area (Å²) in [4.78, 5) is 15.7. The van der Waals surface area contributed by atoms with Crippen molar-refractivity contribution in [2.24, 2.45) is 17.8 Å². The first kappa shape index (κ1) is 14.6. The Kier molecular flexibility index (Phi) is 2.68. The second-order valence-electron chi connectivity index (χ2n) is 9.09. The minimum absolute atomic E-state index is 0.0597. The van der Waals surface area contributed by atoms with Crippen LogP contribution in [0.3, 0.4) is 0 Å². The van der Waals surface area contributed by atoms with Crippen molar-refractivity contribution >= 4 is 5.78 Å². The maximum Gasteiger partial charge on any atom is 0.177 e. The molecule has 3 aliphatic carbocycles. The lowest BCUT2D eigenvalue weighted by molar-refractivity contribution is -0.144. The fourth-order valence-electron chi connectivity index (χ4n) is 6.47. The zero-order valence-corrected chi connectivity index (χ0v) is 14.7. The van der Waals surface area contributed by atoms with E-state index in [0.29, 0.717) is 17.7 Å². The summed E-state index contributed by atoms with van der Waals surface area (Å²) in [5.41, 5.74) is 2.31. The molecule has 1 N–H and O–H groups in total. The molecule has 25 heavy (non-hydrogen) atoms. The summed E-state index contributed by atoms with van der Waals surface area (Å²) in [6, 6.07) is 4.37. The molecule has 4 unspecified atom stereocenters. The molecule has 6 rings (SSSR count). The van der Waals surface area contributed by atoms with Gasteiger partial charge in [-0.2, -0.15) is 0 Å². The number of piperidine rings is 1. The highest BCUT2D eigenvalue weighted by molar-refractivity contribution is 5.90. The number of carbonyl (C=O) groups is 1. The van der Waals surface area contributed by atoms with Crippen LogP contribution in [0.25, 0.3) is 0 Å². The molecule has 1 saturated heterocycles. The first-order valence-corrected chi connectivity index (χ1v) is 9.89. The zero-order chi connectivity index (χ0) is 16.9. The lowest BCUT2D eigenvalue weighted by Gasteiger charge is -2.58. The molecule has 3 fully saturated rings. The Labute approximate surface area is 148 Å². The predicted octanol–water partition coefficient (Wildman–Crippen LogP) is 2.66. The van der Waals surface area contributed by atoms with Crippen molar-refractivity contribution in [1.82, 2.24) is 4.90 Å². The molecular weight excluding hydrogens is 314 g/mol. The van der Waals surface area contributed by atoms with E-state index in [2.05, 4.69) is 17.9 Å². The van der Waals surface area contributed by atoms with Gasteiger partial charge in [0.1, 0.15) is 0 Å². The molecule has 1 aromatic carbocycles. The lowest BCUT2D eigenvalue weighted by atomic mass is 9.50. The molecule has 5 atom stereocenters. The van der Waals surface area contributed by atoms with E-state index in [4.69, 9.17) is 4.74 Å². The fraction of sp³-hybridized carbons (Fsp3) is 0.667. The summed E-state index contributed by atoms with van der Waals surface area (Å²) in [6.45, 7) is 4.36. The lowest BCUT2D eigenvalue weighted by Crippen LogP contribution is -2.67. The minimum Gasteiger partial charge on any atom is -0.504 e. The van der Waals surface area contributed by atoms with Gasteiger partial charge < -0.3 is 9.84 Å². The predicted molar refractivity (Wildman–Crippen MR) is 92.9 cm³/mol. The maximum atomic E-state index is 13.0. The Morgan fingerprint density at radius 2 is 2.20 bits per heavy atom. The molecule has 2 heterocycles. The number of hydrogen-bond acceptors (Lipinski definition) is 4. The average molecular weight is 339 g/mol. The van der Waals surface area contributed by atoms with Crippen LogP contribution in [0.1, 0.15) is 43.7 Å². The number of aromatic hydroxyl groups is 1. The van der Waals surface area contributed by atoms with Crippen LogP contribution < -0.4 is 4.74 Å². The van der Waals surface area contributed by atoms with Gasteiger partial charge in [0.2, 0.25) is 0 Å². The van der Waals surface area contributed by atoms with Gasteiger partial charge in [-0.3, -0.25) is 9.69 Å². The first-order valence-electron chi connectivity index (χ1n) is 9.89. The second-order valence-corrected chi connectivity index (χ2v) is 9.09. The van der Waals surface area contributed by atoms with Crippen molar-refractivity contribution in [3.05, 3.63) is 23.3 Å². The molecular formula is C21H25NO3. The Morgan fingerprint density at radius 1 is 1.36 bits per heavy atom. The van der Waals surface area contributed by atoms with E-state index < -0.39 is 0 Å². The highest BCUT2D eigenvalue weighted by atomic mass is 16.5. The molecule has 4 nitrogen and oxygen atoms in total.